The van der Waals surface area contributed by atoms with Crippen molar-refractivity contribution in [3.63, 3.8) is 0 Å². The van der Waals surface area contributed by atoms with Crippen molar-refractivity contribution in [3.8, 4) is 0 Å². The molecule has 0 aromatic carbocycles. The maximum atomic E-state index is 13.3. The van der Waals surface area contributed by atoms with Crippen LogP contribution in [-0.4, -0.2) is 39.0 Å². The number of hydrogen-bond donors (Lipinski definition) is 1. The lowest BCUT2D eigenvalue weighted by atomic mass is 9.78. The standard InChI is InChI=1S/C20H28N4O/c25-19(21-15-17-16-22-24-14-8-3-9-18(17)24)20(10-4-1-5-11-20)23-12-6-2-7-13-23/h3,8-9,14,16H,1-2,4-7,10-13,15H2,(H,21,25). The Balaban J connectivity index is 1.50. The summed E-state index contributed by atoms with van der Waals surface area (Å²) in [5.74, 6) is 0.226. The maximum Gasteiger partial charge on any atom is 0.240 e. The number of nitrogens with zero attached hydrogens (tertiary/aromatic N) is 3. The fraction of sp³-hybridized carbons (Fsp3) is 0.600. The molecule has 5 nitrogen and oxygen atoms in total. The number of piperidine rings is 1. The number of fused-ring (bicyclic) bond motifs is 1. The molecule has 1 aliphatic carbocycles. The first-order valence-electron chi connectivity index (χ1n) is 9.74. The number of aromatic nitrogens is 2. The maximum absolute atomic E-state index is 13.3. The van der Waals surface area contributed by atoms with Gasteiger partial charge in [0.1, 0.15) is 5.54 Å². The van der Waals surface area contributed by atoms with Crippen LogP contribution in [0.1, 0.15) is 56.9 Å². The Hall–Kier alpha value is -1.88. The van der Waals surface area contributed by atoms with Crippen LogP contribution in [-0.2, 0) is 11.3 Å². The summed E-state index contributed by atoms with van der Waals surface area (Å²) in [5.41, 5.74) is 1.87. The zero-order valence-corrected chi connectivity index (χ0v) is 14.9. The lowest BCUT2D eigenvalue weighted by molar-refractivity contribution is -0.137. The number of pyridine rings is 1. The summed E-state index contributed by atoms with van der Waals surface area (Å²) in [7, 11) is 0. The van der Waals surface area contributed by atoms with Crippen LogP contribution in [0.15, 0.2) is 30.6 Å². The topological polar surface area (TPSA) is 49.6 Å². The summed E-state index contributed by atoms with van der Waals surface area (Å²) >= 11 is 0. The summed E-state index contributed by atoms with van der Waals surface area (Å²) in [6.45, 7) is 2.70. The molecule has 0 bridgehead atoms. The van der Waals surface area contributed by atoms with E-state index in [1.807, 2.05) is 29.0 Å². The van der Waals surface area contributed by atoms with Gasteiger partial charge in [0, 0.05) is 18.3 Å². The Morgan fingerprint density at radius 2 is 1.84 bits per heavy atom. The lowest BCUT2D eigenvalue weighted by Crippen LogP contribution is -2.60. The predicted octanol–water partition coefficient (Wildman–Crippen LogP) is 3.14. The minimum Gasteiger partial charge on any atom is -0.350 e. The molecule has 1 saturated carbocycles. The van der Waals surface area contributed by atoms with Crippen molar-refractivity contribution in [2.24, 2.45) is 0 Å². The molecule has 3 heterocycles. The van der Waals surface area contributed by atoms with Crippen molar-refractivity contribution < 1.29 is 4.79 Å². The van der Waals surface area contributed by atoms with Gasteiger partial charge in [-0.1, -0.05) is 31.7 Å². The van der Waals surface area contributed by atoms with E-state index >= 15 is 0 Å². The van der Waals surface area contributed by atoms with Crippen molar-refractivity contribution in [1.29, 1.82) is 0 Å². The van der Waals surface area contributed by atoms with E-state index in [9.17, 15) is 4.79 Å². The van der Waals surface area contributed by atoms with Crippen molar-refractivity contribution in [3.05, 3.63) is 36.2 Å². The smallest absolute Gasteiger partial charge is 0.240 e. The third-order valence-electron chi connectivity index (χ3n) is 6.01. The van der Waals surface area contributed by atoms with Gasteiger partial charge < -0.3 is 5.32 Å². The molecule has 1 amide bonds. The molecule has 134 valence electrons. The van der Waals surface area contributed by atoms with Crippen LogP contribution < -0.4 is 5.32 Å². The number of rotatable bonds is 4. The van der Waals surface area contributed by atoms with Gasteiger partial charge in [-0.3, -0.25) is 9.69 Å². The van der Waals surface area contributed by atoms with Crippen LogP contribution in [0.3, 0.4) is 0 Å². The largest absolute Gasteiger partial charge is 0.350 e. The summed E-state index contributed by atoms with van der Waals surface area (Å²) < 4.78 is 1.86. The van der Waals surface area contributed by atoms with E-state index in [2.05, 4.69) is 21.4 Å². The van der Waals surface area contributed by atoms with Crippen molar-refractivity contribution in [1.82, 2.24) is 19.8 Å². The first kappa shape index (κ1) is 16.6. The fourth-order valence-corrected chi connectivity index (χ4v) is 4.61. The van der Waals surface area contributed by atoms with Gasteiger partial charge in [-0.05, 0) is 50.9 Å². The van der Waals surface area contributed by atoms with E-state index in [-0.39, 0.29) is 11.4 Å². The third-order valence-corrected chi connectivity index (χ3v) is 6.01. The van der Waals surface area contributed by atoms with Crippen molar-refractivity contribution >= 4 is 11.4 Å². The van der Waals surface area contributed by atoms with Gasteiger partial charge in [-0.2, -0.15) is 5.10 Å². The normalized spacial score (nSPS) is 21.3. The van der Waals surface area contributed by atoms with E-state index in [4.69, 9.17) is 0 Å². The summed E-state index contributed by atoms with van der Waals surface area (Å²) in [6, 6.07) is 6.03. The average molecular weight is 340 g/mol. The van der Waals surface area contributed by atoms with Gasteiger partial charge in [-0.25, -0.2) is 4.52 Å². The predicted molar refractivity (Wildman–Crippen MR) is 98.3 cm³/mol. The van der Waals surface area contributed by atoms with Crippen LogP contribution in [0, 0.1) is 0 Å². The van der Waals surface area contributed by atoms with Gasteiger partial charge in [-0.15, -0.1) is 0 Å². The molecule has 1 saturated heterocycles. The SMILES string of the molecule is O=C(NCc1cnn2ccccc12)C1(N2CCCCC2)CCCCC1. The molecular weight excluding hydrogens is 312 g/mol. The minimum absolute atomic E-state index is 0.226. The third kappa shape index (κ3) is 3.17. The molecule has 0 atom stereocenters. The number of hydrogen-bond acceptors (Lipinski definition) is 3. The first-order valence-corrected chi connectivity index (χ1v) is 9.74. The first-order chi connectivity index (χ1) is 12.3. The van der Waals surface area contributed by atoms with Gasteiger partial charge >= 0.3 is 0 Å². The van der Waals surface area contributed by atoms with Crippen LogP contribution in [0.2, 0.25) is 0 Å². The molecule has 5 heteroatoms. The van der Waals surface area contributed by atoms with Crippen LogP contribution >= 0.6 is 0 Å². The monoisotopic (exact) mass is 340 g/mol. The molecule has 1 aliphatic heterocycles. The van der Waals surface area contributed by atoms with E-state index in [0.29, 0.717) is 6.54 Å². The second-order valence-electron chi connectivity index (χ2n) is 7.52. The summed E-state index contributed by atoms with van der Waals surface area (Å²) in [5, 5.41) is 7.62. The zero-order chi connectivity index (χ0) is 17.1. The second kappa shape index (κ2) is 7.16. The quantitative estimate of drug-likeness (QED) is 0.930. The molecular formula is C20H28N4O. The highest BCUT2D eigenvalue weighted by molar-refractivity contribution is 5.86. The molecule has 2 aromatic rings. The van der Waals surface area contributed by atoms with Crippen LogP contribution in [0.25, 0.3) is 5.52 Å². The molecule has 2 aliphatic rings. The number of carbonyl (C=O) groups is 1. The summed E-state index contributed by atoms with van der Waals surface area (Å²) in [4.78, 5) is 15.8. The number of amides is 1. The Morgan fingerprint density at radius 1 is 1.08 bits per heavy atom. The molecule has 0 spiro atoms. The zero-order valence-electron chi connectivity index (χ0n) is 14.9. The molecule has 0 radical (unpaired) electrons. The van der Waals surface area contributed by atoms with E-state index in [0.717, 1.165) is 37.0 Å². The molecule has 0 unspecified atom stereocenters. The average Bonchev–Trinajstić information content (AvgIpc) is 3.10. The molecule has 1 N–H and O–H groups in total. The van der Waals surface area contributed by atoms with Crippen LogP contribution in [0.4, 0.5) is 0 Å². The van der Waals surface area contributed by atoms with Crippen molar-refractivity contribution in [2.75, 3.05) is 13.1 Å². The van der Waals surface area contributed by atoms with Gasteiger partial charge in [0.05, 0.1) is 11.7 Å². The Morgan fingerprint density at radius 3 is 2.64 bits per heavy atom. The Labute approximate surface area is 149 Å². The number of carbonyl (C=O) groups excluding carboxylic acids is 1. The Kier molecular flexibility index (Phi) is 4.75. The highest BCUT2D eigenvalue weighted by Gasteiger charge is 2.44. The lowest BCUT2D eigenvalue weighted by Gasteiger charge is -2.46. The summed E-state index contributed by atoms with van der Waals surface area (Å²) in [6.07, 6.45) is 13.2. The number of nitrogens with one attached hydrogen (secondary N) is 1. The van der Waals surface area contributed by atoms with Crippen molar-refractivity contribution in [2.45, 2.75) is 63.5 Å². The van der Waals surface area contributed by atoms with Crippen LogP contribution in [0.5, 0.6) is 0 Å². The molecule has 2 aromatic heterocycles. The highest BCUT2D eigenvalue weighted by atomic mass is 16.2. The second-order valence-corrected chi connectivity index (χ2v) is 7.52. The molecule has 25 heavy (non-hydrogen) atoms. The number of likely N-dealkylation sites (tertiary alicyclic amines) is 1. The van der Waals surface area contributed by atoms with E-state index in [1.165, 1.54) is 38.5 Å². The van der Waals surface area contributed by atoms with Gasteiger partial charge in [0.2, 0.25) is 5.91 Å². The molecule has 4 rings (SSSR count). The van der Waals surface area contributed by atoms with Gasteiger partial charge in [0.25, 0.3) is 0 Å². The molecule has 2 fully saturated rings. The van der Waals surface area contributed by atoms with Gasteiger partial charge in [0.15, 0.2) is 0 Å². The fourth-order valence-electron chi connectivity index (χ4n) is 4.61. The minimum atomic E-state index is -0.276. The van der Waals surface area contributed by atoms with E-state index < -0.39 is 0 Å². The van der Waals surface area contributed by atoms with E-state index in [1.54, 1.807) is 0 Å². The Bertz CT molecular complexity index is 726. The highest BCUT2D eigenvalue weighted by Crippen LogP contribution is 2.36.